The Morgan fingerprint density at radius 2 is 1.88 bits per heavy atom. The molecule has 0 unspecified atom stereocenters. The van der Waals surface area contributed by atoms with Crippen molar-refractivity contribution < 1.29 is 9.59 Å². The number of benzene rings is 1. The summed E-state index contributed by atoms with van der Waals surface area (Å²) >= 11 is 0. The number of carbonyl (C=O) groups excluding carboxylic acids is 2. The summed E-state index contributed by atoms with van der Waals surface area (Å²) in [4.78, 5) is 26.8. The smallest absolute Gasteiger partial charge is 0.227 e. The SMILES string of the molecule is CCC1CCC(NC(=O)[C@H]2CC(=O)N(c3ccc(C)c(C)c3)C2)CC1. The van der Waals surface area contributed by atoms with Gasteiger partial charge in [0.05, 0.1) is 5.92 Å². The molecule has 2 fully saturated rings. The van der Waals surface area contributed by atoms with Crippen molar-refractivity contribution in [3.8, 4) is 0 Å². The molecule has 0 radical (unpaired) electrons. The van der Waals surface area contributed by atoms with Crippen LogP contribution in [0.5, 0.6) is 0 Å². The molecule has 1 aliphatic heterocycles. The molecule has 3 rings (SSSR count). The molecule has 1 heterocycles. The molecule has 0 bridgehead atoms. The lowest BCUT2D eigenvalue weighted by molar-refractivity contribution is -0.127. The highest BCUT2D eigenvalue weighted by Gasteiger charge is 2.36. The molecule has 1 saturated carbocycles. The highest BCUT2D eigenvalue weighted by molar-refractivity contribution is 6.00. The van der Waals surface area contributed by atoms with Crippen molar-refractivity contribution in [3.05, 3.63) is 29.3 Å². The number of carbonyl (C=O) groups is 2. The number of hydrogen-bond acceptors (Lipinski definition) is 2. The second-order valence-corrected chi connectivity index (χ2v) is 7.81. The number of nitrogens with one attached hydrogen (secondary N) is 1. The number of rotatable bonds is 4. The Morgan fingerprint density at radius 3 is 2.52 bits per heavy atom. The van der Waals surface area contributed by atoms with Crippen molar-refractivity contribution in [2.24, 2.45) is 11.8 Å². The average Bonchev–Trinajstić information content (AvgIpc) is 3.00. The Hall–Kier alpha value is -1.84. The summed E-state index contributed by atoms with van der Waals surface area (Å²) in [6, 6.07) is 6.35. The summed E-state index contributed by atoms with van der Waals surface area (Å²) in [5.74, 6) is 0.706. The van der Waals surface area contributed by atoms with Crippen LogP contribution in [0.3, 0.4) is 0 Å². The Labute approximate surface area is 151 Å². The van der Waals surface area contributed by atoms with E-state index < -0.39 is 0 Å². The van der Waals surface area contributed by atoms with Crippen molar-refractivity contribution in [2.45, 2.75) is 65.3 Å². The molecular formula is C21H30N2O2. The fourth-order valence-corrected chi connectivity index (χ4v) is 4.06. The van der Waals surface area contributed by atoms with Gasteiger partial charge in [0.1, 0.15) is 0 Å². The Morgan fingerprint density at radius 1 is 1.16 bits per heavy atom. The molecule has 1 aromatic rings. The maximum Gasteiger partial charge on any atom is 0.227 e. The Balaban J connectivity index is 1.58. The summed E-state index contributed by atoms with van der Waals surface area (Å²) in [6.07, 6.45) is 6.13. The van der Waals surface area contributed by atoms with E-state index in [-0.39, 0.29) is 17.7 Å². The first-order chi connectivity index (χ1) is 12.0. The molecule has 1 aromatic carbocycles. The van der Waals surface area contributed by atoms with E-state index in [1.807, 2.05) is 18.2 Å². The lowest BCUT2D eigenvalue weighted by atomic mass is 9.84. The molecule has 2 amide bonds. The van der Waals surface area contributed by atoms with Gasteiger partial charge in [-0.25, -0.2) is 0 Å². The second kappa shape index (κ2) is 7.59. The summed E-state index contributed by atoms with van der Waals surface area (Å²) in [5, 5.41) is 3.20. The zero-order chi connectivity index (χ0) is 18.0. The average molecular weight is 342 g/mol. The van der Waals surface area contributed by atoms with E-state index in [0.29, 0.717) is 19.0 Å². The maximum absolute atomic E-state index is 12.6. The molecule has 0 aromatic heterocycles. The topological polar surface area (TPSA) is 49.4 Å². The minimum absolute atomic E-state index is 0.0538. The Bertz CT molecular complexity index is 647. The van der Waals surface area contributed by atoms with Gasteiger partial charge in [-0.15, -0.1) is 0 Å². The largest absolute Gasteiger partial charge is 0.353 e. The van der Waals surface area contributed by atoms with E-state index in [1.165, 1.54) is 30.4 Å². The third kappa shape index (κ3) is 4.05. The van der Waals surface area contributed by atoms with Crippen molar-refractivity contribution in [2.75, 3.05) is 11.4 Å². The molecular weight excluding hydrogens is 312 g/mol. The normalized spacial score (nSPS) is 26.8. The van der Waals surface area contributed by atoms with Gasteiger partial charge in [-0.1, -0.05) is 19.4 Å². The van der Waals surface area contributed by atoms with Crippen LogP contribution in [0, 0.1) is 25.7 Å². The van der Waals surface area contributed by atoms with E-state index in [9.17, 15) is 9.59 Å². The molecule has 0 spiro atoms. The van der Waals surface area contributed by atoms with Crippen LogP contribution < -0.4 is 10.2 Å². The number of anilines is 1. The van der Waals surface area contributed by atoms with Crippen LogP contribution >= 0.6 is 0 Å². The van der Waals surface area contributed by atoms with Crippen LogP contribution in [0.2, 0.25) is 0 Å². The zero-order valence-electron chi connectivity index (χ0n) is 15.7. The highest BCUT2D eigenvalue weighted by Crippen LogP contribution is 2.29. The lowest BCUT2D eigenvalue weighted by Crippen LogP contribution is -2.41. The van der Waals surface area contributed by atoms with Crippen molar-refractivity contribution >= 4 is 17.5 Å². The van der Waals surface area contributed by atoms with Gasteiger partial charge in [-0.2, -0.15) is 0 Å². The molecule has 4 heteroatoms. The van der Waals surface area contributed by atoms with Gasteiger partial charge in [-0.05, 0) is 68.7 Å². The predicted molar refractivity (Wildman–Crippen MR) is 101 cm³/mol. The second-order valence-electron chi connectivity index (χ2n) is 7.81. The molecule has 136 valence electrons. The first-order valence-electron chi connectivity index (χ1n) is 9.66. The first-order valence-corrected chi connectivity index (χ1v) is 9.66. The number of nitrogens with zero attached hydrogens (tertiary/aromatic N) is 1. The predicted octanol–water partition coefficient (Wildman–Crippen LogP) is 3.74. The van der Waals surface area contributed by atoms with Crippen LogP contribution in [-0.2, 0) is 9.59 Å². The van der Waals surface area contributed by atoms with E-state index >= 15 is 0 Å². The van der Waals surface area contributed by atoms with Crippen LogP contribution in [0.1, 0.15) is 56.6 Å². The zero-order valence-corrected chi connectivity index (χ0v) is 15.7. The van der Waals surface area contributed by atoms with Gasteiger partial charge in [-0.3, -0.25) is 9.59 Å². The fourth-order valence-electron chi connectivity index (χ4n) is 4.06. The summed E-state index contributed by atoms with van der Waals surface area (Å²) in [6.45, 7) is 6.86. The van der Waals surface area contributed by atoms with Crippen molar-refractivity contribution in [1.82, 2.24) is 5.32 Å². The summed E-state index contributed by atoms with van der Waals surface area (Å²) in [7, 11) is 0. The number of aryl methyl sites for hydroxylation is 2. The van der Waals surface area contributed by atoms with Crippen molar-refractivity contribution in [1.29, 1.82) is 0 Å². The third-order valence-corrected chi connectivity index (χ3v) is 6.07. The lowest BCUT2D eigenvalue weighted by Gasteiger charge is -2.29. The molecule has 1 aliphatic carbocycles. The molecule has 1 saturated heterocycles. The summed E-state index contributed by atoms with van der Waals surface area (Å²) < 4.78 is 0. The van der Waals surface area contributed by atoms with E-state index in [1.54, 1.807) is 4.90 Å². The van der Waals surface area contributed by atoms with E-state index in [2.05, 4.69) is 26.1 Å². The molecule has 1 atom stereocenters. The number of hydrogen-bond donors (Lipinski definition) is 1. The fraction of sp³-hybridized carbons (Fsp3) is 0.619. The van der Waals surface area contributed by atoms with E-state index in [0.717, 1.165) is 24.4 Å². The molecule has 25 heavy (non-hydrogen) atoms. The summed E-state index contributed by atoms with van der Waals surface area (Å²) in [5.41, 5.74) is 3.30. The van der Waals surface area contributed by atoms with Crippen LogP contribution in [-0.4, -0.2) is 24.4 Å². The standard InChI is InChI=1S/C21H30N2O2/c1-4-16-6-8-18(9-7-16)22-21(25)17-12-20(24)23(13-17)19-10-5-14(2)15(3)11-19/h5,10-11,16-18H,4,6-9,12-13H2,1-3H3,(H,22,25)/t16?,17-,18?/m0/s1. The highest BCUT2D eigenvalue weighted by atomic mass is 16.2. The van der Waals surface area contributed by atoms with Gasteiger partial charge < -0.3 is 10.2 Å². The van der Waals surface area contributed by atoms with Crippen LogP contribution in [0.15, 0.2) is 18.2 Å². The van der Waals surface area contributed by atoms with Crippen molar-refractivity contribution in [3.63, 3.8) is 0 Å². The minimum atomic E-state index is -0.224. The van der Waals surface area contributed by atoms with E-state index in [4.69, 9.17) is 0 Å². The van der Waals surface area contributed by atoms with Gasteiger partial charge in [0.25, 0.3) is 0 Å². The minimum Gasteiger partial charge on any atom is -0.353 e. The maximum atomic E-state index is 12.6. The molecule has 2 aliphatic rings. The monoisotopic (exact) mass is 342 g/mol. The van der Waals surface area contributed by atoms with Gasteiger partial charge in [0.2, 0.25) is 11.8 Å². The quantitative estimate of drug-likeness (QED) is 0.906. The van der Waals surface area contributed by atoms with Crippen LogP contribution in [0.4, 0.5) is 5.69 Å². The van der Waals surface area contributed by atoms with Gasteiger partial charge >= 0.3 is 0 Å². The third-order valence-electron chi connectivity index (χ3n) is 6.07. The van der Waals surface area contributed by atoms with Gasteiger partial charge in [0, 0.05) is 24.7 Å². The van der Waals surface area contributed by atoms with Crippen LogP contribution in [0.25, 0.3) is 0 Å². The molecule has 1 N–H and O–H groups in total. The van der Waals surface area contributed by atoms with Gasteiger partial charge in [0.15, 0.2) is 0 Å². The first kappa shape index (κ1) is 18.0. The molecule has 4 nitrogen and oxygen atoms in total. The Kier molecular flexibility index (Phi) is 5.45. The number of amides is 2.